The smallest absolute Gasteiger partial charge is 0.261 e. The fourth-order valence-corrected chi connectivity index (χ4v) is 4.68. The molecule has 3 rings (SSSR count). The van der Waals surface area contributed by atoms with Crippen LogP contribution in [0.15, 0.2) is 36.4 Å². The van der Waals surface area contributed by atoms with Gasteiger partial charge in [0.15, 0.2) is 6.10 Å². The maximum atomic E-state index is 12.9. The monoisotopic (exact) mass is 436 g/mol. The quantitative estimate of drug-likeness (QED) is 0.791. The third-order valence-electron chi connectivity index (χ3n) is 5.00. The predicted octanol–water partition coefficient (Wildman–Crippen LogP) is 3.75. The molecule has 1 aliphatic heterocycles. The number of aryl methyl sites for hydroxylation is 2. The van der Waals surface area contributed by atoms with Crippen LogP contribution in [-0.2, 0) is 14.8 Å². The number of rotatable bonds is 4. The van der Waals surface area contributed by atoms with Crippen LogP contribution in [-0.4, -0.2) is 33.2 Å². The Bertz CT molecular complexity index is 1040. The molecule has 0 aliphatic carbocycles. The van der Waals surface area contributed by atoms with Gasteiger partial charge in [0.25, 0.3) is 5.91 Å². The van der Waals surface area contributed by atoms with Crippen LogP contribution in [0.3, 0.4) is 0 Å². The van der Waals surface area contributed by atoms with Crippen molar-refractivity contribution in [2.24, 2.45) is 0 Å². The molecule has 0 bridgehead atoms. The van der Waals surface area contributed by atoms with Crippen LogP contribution in [0.4, 0.5) is 5.69 Å². The van der Waals surface area contributed by atoms with Crippen LogP contribution in [0, 0.1) is 13.8 Å². The lowest BCUT2D eigenvalue weighted by Gasteiger charge is -2.21. The lowest BCUT2D eigenvalue weighted by Crippen LogP contribution is -2.41. The van der Waals surface area contributed by atoms with Gasteiger partial charge in [-0.1, -0.05) is 35.4 Å². The molecule has 0 saturated heterocycles. The summed E-state index contributed by atoms with van der Waals surface area (Å²) >= 11 is 6.05. The van der Waals surface area contributed by atoms with Gasteiger partial charge < -0.3 is 10.1 Å². The number of halogens is 1. The molecular formula is C21H25ClN2O4S. The number of amides is 1. The minimum Gasteiger partial charge on any atom is -0.478 e. The third-order valence-corrected chi connectivity index (χ3v) is 6.41. The normalized spacial score (nSPS) is 17.7. The average molecular weight is 437 g/mol. The number of hydrogen-bond donors (Lipinski definition) is 1. The first kappa shape index (κ1) is 21.5. The van der Waals surface area contributed by atoms with Crippen molar-refractivity contribution >= 4 is 33.2 Å². The molecule has 1 N–H and O–H groups in total. The molecule has 0 aromatic heterocycles. The highest BCUT2D eigenvalue weighted by Gasteiger charge is 2.32. The van der Waals surface area contributed by atoms with Crippen LogP contribution < -0.4 is 14.4 Å². The van der Waals surface area contributed by atoms with Gasteiger partial charge in [0.05, 0.1) is 18.0 Å². The van der Waals surface area contributed by atoms with E-state index >= 15 is 0 Å². The number of hydrogen-bond acceptors (Lipinski definition) is 4. The summed E-state index contributed by atoms with van der Waals surface area (Å²) in [6, 6.07) is 10.6. The van der Waals surface area contributed by atoms with Crippen molar-refractivity contribution in [3.8, 4) is 5.75 Å². The van der Waals surface area contributed by atoms with E-state index in [2.05, 4.69) is 11.4 Å². The molecule has 0 radical (unpaired) electrons. The summed E-state index contributed by atoms with van der Waals surface area (Å²) in [6.45, 7) is 6.08. The largest absolute Gasteiger partial charge is 0.478 e. The topological polar surface area (TPSA) is 75.7 Å². The van der Waals surface area contributed by atoms with E-state index in [0.717, 1.165) is 22.9 Å². The highest BCUT2D eigenvalue weighted by Crippen LogP contribution is 2.36. The summed E-state index contributed by atoms with van der Waals surface area (Å²) in [6.07, 6.45) is 0.542. The molecule has 1 heterocycles. The number of benzene rings is 2. The Hall–Kier alpha value is -2.25. The zero-order chi connectivity index (χ0) is 21.3. The van der Waals surface area contributed by atoms with Crippen molar-refractivity contribution in [3.05, 3.63) is 58.1 Å². The molecule has 2 unspecified atom stereocenters. The summed E-state index contributed by atoms with van der Waals surface area (Å²) in [7, 11) is -3.54. The Kier molecular flexibility index (Phi) is 6.10. The number of anilines is 1. The van der Waals surface area contributed by atoms with Crippen molar-refractivity contribution in [2.45, 2.75) is 39.3 Å². The molecule has 6 nitrogen and oxygen atoms in total. The molecule has 2 aromatic carbocycles. The number of ether oxygens (including phenoxy) is 1. The van der Waals surface area contributed by atoms with Crippen LogP contribution >= 0.6 is 11.6 Å². The SMILES string of the molecule is Cc1ccc(C(C)NC(=O)C2CCN(S(C)(=O)=O)c3cc(Cl)ccc3O2)c(C)c1. The average Bonchev–Trinajstić information content (AvgIpc) is 2.80. The van der Waals surface area contributed by atoms with E-state index in [-0.39, 0.29) is 24.9 Å². The molecule has 2 atom stereocenters. The molecule has 29 heavy (non-hydrogen) atoms. The second-order valence-corrected chi connectivity index (χ2v) is 9.78. The van der Waals surface area contributed by atoms with E-state index in [9.17, 15) is 13.2 Å². The molecule has 8 heteroatoms. The number of fused-ring (bicyclic) bond motifs is 1. The van der Waals surface area contributed by atoms with Crippen LogP contribution in [0.5, 0.6) is 5.75 Å². The summed E-state index contributed by atoms with van der Waals surface area (Å²) in [5.74, 6) is 0.0328. The summed E-state index contributed by atoms with van der Waals surface area (Å²) in [5.41, 5.74) is 3.64. The molecule has 0 fully saturated rings. The highest BCUT2D eigenvalue weighted by atomic mass is 35.5. The van der Waals surface area contributed by atoms with E-state index in [0.29, 0.717) is 16.5 Å². The number of nitrogens with one attached hydrogen (secondary N) is 1. The Labute approximate surface area is 176 Å². The maximum Gasteiger partial charge on any atom is 0.261 e. The van der Waals surface area contributed by atoms with E-state index in [1.165, 1.54) is 10.4 Å². The molecule has 1 amide bonds. The van der Waals surface area contributed by atoms with Crippen molar-refractivity contribution < 1.29 is 17.9 Å². The lowest BCUT2D eigenvalue weighted by molar-refractivity contribution is -0.128. The lowest BCUT2D eigenvalue weighted by atomic mass is 10.00. The highest BCUT2D eigenvalue weighted by molar-refractivity contribution is 7.92. The van der Waals surface area contributed by atoms with Gasteiger partial charge in [0.1, 0.15) is 5.75 Å². The summed E-state index contributed by atoms with van der Waals surface area (Å²) < 4.78 is 31.6. The predicted molar refractivity (Wildman–Crippen MR) is 115 cm³/mol. The molecule has 2 aromatic rings. The molecule has 156 valence electrons. The zero-order valence-electron chi connectivity index (χ0n) is 16.9. The standard InChI is InChI=1S/C21H25ClN2O4S/c1-13-5-7-17(14(2)11-13)15(3)23-21(25)20-9-10-24(29(4,26)27)18-12-16(22)6-8-19(18)28-20/h5-8,11-12,15,20H,9-10H2,1-4H3,(H,23,25). The van der Waals surface area contributed by atoms with Gasteiger partial charge in [0.2, 0.25) is 10.0 Å². The second-order valence-electron chi connectivity index (χ2n) is 7.43. The summed E-state index contributed by atoms with van der Waals surface area (Å²) in [5, 5.41) is 3.39. The molecule has 0 saturated carbocycles. The van der Waals surface area contributed by atoms with Crippen molar-refractivity contribution in [2.75, 3.05) is 17.1 Å². The fraction of sp³-hybridized carbons (Fsp3) is 0.381. The first-order chi connectivity index (χ1) is 13.6. The molecule has 1 aliphatic rings. The van der Waals surface area contributed by atoms with E-state index in [4.69, 9.17) is 16.3 Å². The Morgan fingerprint density at radius 3 is 2.62 bits per heavy atom. The Morgan fingerprint density at radius 1 is 1.24 bits per heavy atom. The van der Waals surface area contributed by atoms with E-state index < -0.39 is 16.1 Å². The zero-order valence-corrected chi connectivity index (χ0v) is 18.5. The minimum absolute atomic E-state index is 0.127. The number of nitrogens with zero attached hydrogens (tertiary/aromatic N) is 1. The number of sulfonamides is 1. The van der Waals surface area contributed by atoms with Crippen molar-refractivity contribution in [1.29, 1.82) is 0 Å². The van der Waals surface area contributed by atoms with Crippen LogP contribution in [0.1, 0.15) is 36.1 Å². The first-order valence-corrected chi connectivity index (χ1v) is 11.6. The Morgan fingerprint density at radius 2 is 1.97 bits per heavy atom. The maximum absolute atomic E-state index is 12.9. The van der Waals surface area contributed by atoms with Crippen LogP contribution in [0.25, 0.3) is 0 Å². The van der Waals surface area contributed by atoms with Gasteiger partial charge in [-0.25, -0.2) is 8.42 Å². The van der Waals surface area contributed by atoms with Gasteiger partial charge in [0, 0.05) is 18.0 Å². The van der Waals surface area contributed by atoms with Crippen molar-refractivity contribution in [3.63, 3.8) is 0 Å². The number of carbonyl (C=O) groups is 1. The van der Waals surface area contributed by atoms with Gasteiger partial charge in [-0.15, -0.1) is 0 Å². The fourth-order valence-electron chi connectivity index (χ4n) is 3.58. The van der Waals surface area contributed by atoms with Gasteiger partial charge in [-0.3, -0.25) is 9.10 Å². The summed E-state index contributed by atoms with van der Waals surface area (Å²) in [4.78, 5) is 12.9. The Balaban J connectivity index is 1.83. The van der Waals surface area contributed by atoms with Gasteiger partial charge in [-0.05, 0) is 50.1 Å². The van der Waals surface area contributed by atoms with Crippen molar-refractivity contribution in [1.82, 2.24) is 5.32 Å². The second kappa shape index (κ2) is 8.24. The van der Waals surface area contributed by atoms with Gasteiger partial charge in [-0.2, -0.15) is 0 Å². The van der Waals surface area contributed by atoms with E-state index in [1.807, 2.05) is 32.9 Å². The van der Waals surface area contributed by atoms with Gasteiger partial charge >= 0.3 is 0 Å². The first-order valence-electron chi connectivity index (χ1n) is 9.37. The number of carbonyl (C=O) groups excluding carboxylic acids is 1. The minimum atomic E-state index is -3.54. The third kappa shape index (κ3) is 4.85. The van der Waals surface area contributed by atoms with E-state index in [1.54, 1.807) is 12.1 Å². The van der Waals surface area contributed by atoms with Crippen LogP contribution in [0.2, 0.25) is 5.02 Å². The molecular weight excluding hydrogens is 412 g/mol. The molecule has 0 spiro atoms.